The van der Waals surface area contributed by atoms with Crippen molar-refractivity contribution in [1.82, 2.24) is 5.32 Å². The predicted molar refractivity (Wildman–Crippen MR) is 101 cm³/mol. The molecule has 2 aromatic carbocycles. The van der Waals surface area contributed by atoms with E-state index in [1.165, 1.54) is 24.8 Å². The molecule has 128 valence electrons. The lowest BCUT2D eigenvalue weighted by molar-refractivity contribution is 0.322. The first-order valence-corrected chi connectivity index (χ1v) is 9.06. The minimum Gasteiger partial charge on any atom is -0.493 e. The summed E-state index contributed by atoms with van der Waals surface area (Å²) in [7, 11) is 0. The van der Waals surface area contributed by atoms with Crippen LogP contribution in [0.1, 0.15) is 31.7 Å². The van der Waals surface area contributed by atoms with Crippen LogP contribution in [0.25, 0.3) is 0 Å². The Morgan fingerprint density at radius 3 is 2.79 bits per heavy atom. The van der Waals surface area contributed by atoms with Crippen molar-refractivity contribution in [2.24, 2.45) is 0 Å². The molecule has 0 aromatic heterocycles. The van der Waals surface area contributed by atoms with Crippen LogP contribution < -0.4 is 15.4 Å². The normalized spacial score (nSPS) is 20.5. The van der Waals surface area contributed by atoms with Gasteiger partial charge in [-0.1, -0.05) is 42.8 Å². The second-order valence-electron chi connectivity index (χ2n) is 6.69. The highest BCUT2D eigenvalue weighted by Crippen LogP contribution is 2.19. The van der Waals surface area contributed by atoms with E-state index in [9.17, 15) is 0 Å². The first-order chi connectivity index (χ1) is 11.8. The Balaban J connectivity index is 1.45. The fraction of sp³-hybridized carbons (Fsp3) is 0.429. The van der Waals surface area contributed by atoms with Crippen molar-refractivity contribution in [2.45, 2.75) is 44.7 Å². The van der Waals surface area contributed by atoms with Crippen molar-refractivity contribution >= 4 is 5.69 Å². The third kappa shape index (κ3) is 5.27. The van der Waals surface area contributed by atoms with Crippen LogP contribution in [0.4, 0.5) is 5.69 Å². The molecule has 1 fully saturated rings. The van der Waals surface area contributed by atoms with Gasteiger partial charge in [-0.2, -0.15) is 0 Å². The lowest BCUT2D eigenvalue weighted by Gasteiger charge is -2.29. The van der Waals surface area contributed by atoms with Gasteiger partial charge >= 0.3 is 0 Å². The summed E-state index contributed by atoms with van der Waals surface area (Å²) in [6, 6.07) is 19.9. The highest BCUT2D eigenvalue weighted by Gasteiger charge is 2.17. The summed E-state index contributed by atoms with van der Waals surface area (Å²) in [6.07, 6.45) is 4.80. The smallest absolute Gasteiger partial charge is 0.121 e. The largest absolute Gasteiger partial charge is 0.493 e. The summed E-state index contributed by atoms with van der Waals surface area (Å²) < 4.78 is 5.90. The van der Waals surface area contributed by atoms with Gasteiger partial charge in [0.1, 0.15) is 5.75 Å². The summed E-state index contributed by atoms with van der Waals surface area (Å²) in [6.45, 7) is 3.94. The zero-order chi connectivity index (χ0) is 16.6. The van der Waals surface area contributed by atoms with Crippen molar-refractivity contribution in [3.05, 3.63) is 60.2 Å². The Morgan fingerprint density at radius 1 is 1.08 bits per heavy atom. The van der Waals surface area contributed by atoms with Crippen molar-refractivity contribution < 1.29 is 4.74 Å². The molecule has 0 amide bonds. The van der Waals surface area contributed by atoms with Crippen LogP contribution in [0.5, 0.6) is 5.75 Å². The van der Waals surface area contributed by atoms with Crippen LogP contribution in [0.15, 0.2) is 54.6 Å². The molecule has 0 radical (unpaired) electrons. The molecule has 0 spiro atoms. The van der Waals surface area contributed by atoms with Gasteiger partial charge in [-0.3, -0.25) is 0 Å². The lowest BCUT2D eigenvalue weighted by atomic mass is 9.99. The monoisotopic (exact) mass is 324 g/mol. The predicted octanol–water partition coefficient (Wildman–Crippen LogP) is 4.25. The fourth-order valence-electron chi connectivity index (χ4n) is 3.27. The maximum absolute atomic E-state index is 5.90. The Kier molecular flexibility index (Phi) is 6.13. The number of rotatable bonds is 7. The zero-order valence-electron chi connectivity index (χ0n) is 14.5. The molecule has 1 saturated heterocycles. The van der Waals surface area contributed by atoms with E-state index in [2.05, 4.69) is 60.0 Å². The molecule has 24 heavy (non-hydrogen) atoms. The zero-order valence-corrected chi connectivity index (χ0v) is 14.5. The number of piperidine rings is 1. The standard InChI is InChI=1S/C21H28N2O/c1-17-7-5-11-20(23-17)16-22-19-10-6-12-21(15-19)24-14-13-18-8-3-2-4-9-18/h2-4,6,8-10,12,15,17,20,22-23H,5,7,11,13-14,16H2,1H3. The third-order valence-electron chi connectivity index (χ3n) is 4.60. The molecule has 2 atom stereocenters. The topological polar surface area (TPSA) is 33.3 Å². The van der Waals surface area contributed by atoms with E-state index in [0.717, 1.165) is 24.4 Å². The van der Waals surface area contributed by atoms with Gasteiger partial charge < -0.3 is 15.4 Å². The lowest BCUT2D eigenvalue weighted by Crippen LogP contribution is -2.44. The van der Waals surface area contributed by atoms with E-state index < -0.39 is 0 Å². The van der Waals surface area contributed by atoms with Gasteiger partial charge in [0.25, 0.3) is 0 Å². The van der Waals surface area contributed by atoms with Crippen molar-refractivity contribution in [3.8, 4) is 5.75 Å². The van der Waals surface area contributed by atoms with Crippen molar-refractivity contribution in [3.63, 3.8) is 0 Å². The molecule has 1 aliphatic rings. The van der Waals surface area contributed by atoms with Gasteiger partial charge in [0.05, 0.1) is 6.61 Å². The molecule has 2 aromatic rings. The average Bonchev–Trinajstić information content (AvgIpc) is 2.61. The summed E-state index contributed by atoms with van der Waals surface area (Å²) >= 11 is 0. The van der Waals surface area contributed by atoms with E-state index in [-0.39, 0.29) is 0 Å². The van der Waals surface area contributed by atoms with Gasteiger partial charge in [0, 0.05) is 36.8 Å². The molecular formula is C21H28N2O. The third-order valence-corrected chi connectivity index (χ3v) is 4.60. The summed E-state index contributed by atoms with van der Waals surface area (Å²) in [4.78, 5) is 0. The Hall–Kier alpha value is -2.00. The summed E-state index contributed by atoms with van der Waals surface area (Å²) in [5.41, 5.74) is 2.44. The number of hydrogen-bond donors (Lipinski definition) is 2. The van der Waals surface area contributed by atoms with E-state index in [4.69, 9.17) is 4.74 Å². The molecular weight excluding hydrogens is 296 g/mol. The maximum atomic E-state index is 5.90. The molecule has 0 saturated carbocycles. The van der Waals surface area contributed by atoms with Gasteiger partial charge in [-0.25, -0.2) is 0 Å². The van der Waals surface area contributed by atoms with Crippen LogP contribution in [-0.2, 0) is 6.42 Å². The van der Waals surface area contributed by atoms with Crippen LogP contribution in [-0.4, -0.2) is 25.2 Å². The minimum absolute atomic E-state index is 0.566. The average molecular weight is 324 g/mol. The number of anilines is 1. The molecule has 1 aliphatic heterocycles. The first kappa shape index (κ1) is 16.8. The van der Waals surface area contributed by atoms with E-state index in [1.54, 1.807) is 0 Å². The molecule has 0 bridgehead atoms. The van der Waals surface area contributed by atoms with Gasteiger partial charge in [-0.05, 0) is 37.5 Å². The van der Waals surface area contributed by atoms with Crippen LogP contribution >= 0.6 is 0 Å². The molecule has 3 nitrogen and oxygen atoms in total. The quantitative estimate of drug-likeness (QED) is 0.799. The number of nitrogens with one attached hydrogen (secondary N) is 2. The fourth-order valence-corrected chi connectivity index (χ4v) is 3.27. The van der Waals surface area contributed by atoms with Crippen LogP contribution in [0.3, 0.4) is 0 Å². The van der Waals surface area contributed by atoms with Crippen LogP contribution in [0.2, 0.25) is 0 Å². The molecule has 3 heteroatoms. The van der Waals surface area contributed by atoms with Gasteiger partial charge in [0.15, 0.2) is 0 Å². The Morgan fingerprint density at radius 2 is 1.96 bits per heavy atom. The summed E-state index contributed by atoms with van der Waals surface area (Å²) in [5, 5.41) is 7.20. The van der Waals surface area contributed by atoms with E-state index >= 15 is 0 Å². The number of hydrogen-bond acceptors (Lipinski definition) is 3. The second kappa shape index (κ2) is 8.74. The molecule has 0 aliphatic carbocycles. The Labute approximate surface area is 145 Å². The second-order valence-corrected chi connectivity index (χ2v) is 6.69. The molecule has 1 heterocycles. The van der Waals surface area contributed by atoms with Crippen molar-refractivity contribution in [1.29, 1.82) is 0 Å². The highest BCUT2D eigenvalue weighted by molar-refractivity contribution is 5.48. The Bertz CT molecular complexity index is 614. The van der Waals surface area contributed by atoms with Gasteiger partial charge in [-0.15, -0.1) is 0 Å². The first-order valence-electron chi connectivity index (χ1n) is 9.06. The van der Waals surface area contributed by atoms with Crippen molar-refractivity contribution in [2.75, 3.05) is 18.5 Å². The molecule has 2 unspecified atom stereocenters. The summed E-state index contributed by atoms with van der Waals surface area (Å²) in [5.74, 6) is 0.931. The number of ether oxygens (including phenoxy) is 1. The molecule has 3 rings (SSSR count). The van der Waals surface area contributed by atoms with Crippen LogP contribution in [0, 0.1) is 0 Å². The van der Waals surface area contributed by atoms with E-state index in [1.807, 2.05) is 12.1 Å². The van der Waals surface area contributed by atoms with Gasteiger partial charge in [0.2, 0.25) is 0 Å². The minimum atomic E-state index is 0.566. The molecule has 2 N–H and O–H groups in total. The SMILES string of the molecule is CC1CCCC(CNc2cccc(OCCc3ccccc3)c2)N1. The highest BCUT2D eigenvalue weighted by atomic mass is 16.5. The van der Waals surface area contributed by atoms with E-state index in [0.29, 0.717) is 18.7 Å². The maximum Gasteiger partial charge on any atom is 0.121 e. The number of benzene rings is 2.